The molecule has 1 rings (SSSR count). The van der Waals surface area contributed by atoms with Gasteiger partial charge in [-0.1, -0.05) is 39.4 Å². The van der Waals surface area contributed by atoms with Crippen molar-refractivity contribution in [3.8, 4) is 0 Å². The van der Waals surface area contributed by atoms with Crippen LogP contribution in [0.3, 0.4) is 0 Å². The van der Waals surface area contributed by atoms with E-state index in [0.29, 0.717) is 17.4 Å². The summed E-state index contributed by atoms with van der Waals surface area (Å²) < 4.78 is 23.4. The van der Waals surface area contributed by atoms with Crippen molar-refractivity contribution < 1.29 is 13.6 Å². The minimum Gasteiger partial charge on any atom is -0.300 e. The molecule has 1 fully saturated rings. The number of hydrogen-bond acceptors (Lipinski definition) is 5. The Hall–Kier alpha value is 0.590. The topological polar surface area (TPSA) is 35.5 Å². The number of rotatable bonds is 3. The van der Waals surface area contributed by atoms with Gasteiger partial charge in [0, 0.05) is 16.8 Å². The summed E-state index contributed by atoms with van der Waals surface area (Å²) >= 11 is 6.18. The second-order valence-electron chi connectivity index (χ2n) is 4.37. The molecular formula is C9H17O3PS2. The van der Waals surface area contributed by atoms with E-state index in [1.165, 1.54) is 0 Å². The Kier molecular flexibility index (Phi) is 4.81. The van der Waals surface area contributed by atoms with Crippen LogP contribution < -0.4 is 0 Å². The second kappa shape index (κ2) is 5.28. The fourth-order valence-corrected chi connectivity index (χ4v) is 5.43. The zero-order chi connectivity index (χ0) is 11.5. The Morgan fingerprint density at radius 2 is 2.00 bits per heavy atom. The molecule has 0 aromatic heterocycles. The number of thiocarbonyl (C=S) groups is 1. The summed E-state index contributed by atoms with van der Waals surface area (Å²) in [5.41, 5.74) is -0.0547. The third kappa shape index (κ3) is 4.53. The van der Waals surface area contributed by atoms with Gasteiger partial charge in [-0.05, 0) is 6.42 Å². The molecule has 0 saturated carbocycles. The lowest BCUT2D eigenvalue weighted by Crippen LogP contribution is -2.28. The van der Waals surface area contributed by atoms with Gasteiger partial charge in [-0.2, -0.15) is 0 Å². The summed E-state index contributed by atoms with van der Waals surface area (Å²) in [6.07, 6.45) is 1.73. The zero-order valence-corrected chi connectivity index (χ0v) is 11.8. The van der Waals surface area contributed by atoms with Gasteiger partial charge in [0.1, 0.15) is 0 Å². The van der Waals surface area contributed by atoms with E-state index < -0.39 is 6.80 Å². The third-order valence-corrected chi connectivity index (χ3v) is 6.21. The lowest BCUT2D eigenvalue weighted by Gasteiger charge is -2.33. The average Bonchev–Trinajstić information content (AvgIpc) is 2.12. The first kappa shape index (κ1) is 13.7. The maximum absolute atomic E-state index is 12.0. The smallest absolute Gasteiger partial charge is 0.300 e. The molecule has 0 unspecified atom stereocenters. The van der Waals surface area contributed by atoms with Gasteiger partial charge in [0.05, 0.1) is 17.4 Å². The summed E-state index contributed by atoms with van der Waals surface area (Å²) in [4.78, 5) is 0. The summed E-state index contributed by atoms with van der Waals surface area (Å²) in [6, 6.07) is 0. The highest BCUT2D eigenvalue weighted by Crippen LogP contribution is 2.64. The fraction of sp³-hybridized carbons (Fsp3) is 0.889. The summed E-state index contributed by atoms with van der Waals surface area (Å²) in [6.45, 7) is 4.00. The Labute approximate surface area is 101 Å². The second-order valence-corrected chi connectivity index (χ2v) is 9.10. The minimum atomic E-state index is -3.00. The van der Waals surface area contributed by atoms with Crippen LogP contribution in [0.5, 0.6) is 0 Å². The van der Waals surface area contributed by atoms with Crippen LogP contribution in [0.1, 0.15) is 33.6 Å². The van der Waals surface area contributed by atoms with E-state index in [2.05, 4.69) is 0 Å². The molecule has 1 aliphatic heterocycles. The van der Waals surface area contributed by atoms with E-state index in [1.807, 2.05) is 20.8 Å². The molecule has 0 radical (unpaired) electrons. The maximum atomic E-state index is 12.0. The molecular weight excluding hydrogens is 251 g/mol. The molecule has 88 valence electrons. The molecule has 0 atom stereocenters. The van der Waals surface area contributed by atoms with Crippen molar-refractivity contribution in [3.63, 3.8) is 0 Å². The van der Waals surface area contributed by atoms with Crippen LogP contribution in [0.2, 0.25) is 0 Å². The predicted octanol–water partition coefficient (Wildman–Crippen LogP) is 4.03. The molecule has 1 heterocycles. The van der Waals surface area contributed by atoms with Crippen LogP contribution in [0.4, 0.5) is 0 Å². The van der Waals surface area contributed by atoms with Crippen molar-refractivity contribution in [1.29, 1.82) is 0 Å². The maximum Gasteiger partial charge on any atom is 0.394 e. The predicted molar refractivity (Wildman–Crippen MR) is 68.4 cm³/mol. The molecule has 0 amide bonds. The molecule has 1 saturated heterocycles. The first-order valence-electron chi connectivity index (χ1n) is 4.98. The Bertz CT molecular complexity index is 277. The van der Waals surface area contributed by atoms with Gasteiger partial charge in [-0.3, -0.25) is 9.05 Å². The van der Waals surface area contributed by atoms with Crippen molar-refractivity contribution in [1.82, 2.24) is 0 Å². The summed E-state index contributed by atoms with van der Waals surface area (Å²) in [5.74, 6) is 0. The van der Waals surface area contributed by atoms with Crippen molar-refractivity contribution in [3.05, 3.63) is 0 Å². The monoisotopic (exact) mass is 268 g/mol. The summed E-state index contributed by atoms with van der Waals surface area (Å²) in [5, 5.41) is 0. The lowest BCUT2D eigenvalue weighted by molar-refractivity contribution is 0.0502. The minimum absolute atomic E-state index is 0.0547. The Morgan fingerprint density at radius 3 is 2.47 bits per heavy atom. The highest BCUT2D eigenvalue weighted by Gasteiger charge is 2.37. The third-order valence-electron chi connectivity index (χ3n) is 1.89. The SMILES string of the molecule is CCCC(=S)SP1(=O)OCC(C)(C)CO1. The van der Waals surface area contributed by atoms with Gasteiger partial charge in [0.25, 0.3) is 0 Å². The molecule has 15 heavy (non-hydrogen) atoms. The standard InChI is InChI=1S/C9H17O3PS2/c1-4-5-8(14)15-13(10)11-6-9(2,3)7-12-13/h4-7H2,1-3H3. The van der Waals surface area contributed by atoms with E-state index in [4.69, 9.17) is 21.3 Å². The van der Waals surface area contributed by atoms with E-state index in [9.17, 15) is 4.57 Å². The van der Waals surface area contributed by atoms with Crippen molar-refractivity contribution in [2.45, 2.75) is 33.6 Å². The first-order valence-corrected chi connectivity index (χ1v) is 8.36. The average molecular weight is 268 g/mol. The van der Waals surface area contributed by atoms with Gasteiger partial charge >= 0.3 is 6.80 Å². The molecule has 0 N–H and O–H groups in total. The lowest BCUT2D eigenvalue weighted by atomic mass is 9.97. The van der Waals surface area contributed by atoms with Crippen LogP contribution in [-0.2, 0) is 13.6 Å². The van der Waals surface area contributed by atoms with Crippen LogP contribution in [-0.4, -0.2) is 17.4 Å². The van der Waals surface area contributed by atoms with Crippen molar-refractivity contribution >= 4 is 34.6 Å². The molecule has 0 bridgehead atoms. The van der Waals surface area contributed by atoms with Gasteiger partial charge in [0.2, 0.25) is 0 Å². The molecule has 3 nitrogen and oxygen atoms in total. The van der Waals surface area contributed by atoms with E-state index in [0.717, 1.165) is 24.2 Å². The molecule has 0 aromatic rings. The molecule has 0 aromatic carbocycles. The van der Waals surface area contributed by atoms with Crippen LogP contribution in [0, 0.1) is 5.41 Å². The van der Waals surface area contributed by atoms with E-state index in [-0.39, 0.29) is 5.41 Å². The normalized spacial score (nSPS) is 23.7. The van der Waals surface area contributed by atoms with Crippen LogP contribution in [0.25, 0.3) is 0 Å². The van der Waals surface area contributed by atoms with E-state index >= 15 is 0 Å². The molecule has 1 aliphatic rings. The van der Waals surface area contributed by atoms with Crippen LogP contribution >= 0.6 is 30.4 Å². The Balaban J connectivity index is 2.49. The highest BCUT2D eigenvalue weighted by atomic mass is 32.7. The summed E-state index contributed by atoms with van der Waals surface area (Å²) in [7, 11) is 0. The van der Waals surface area contributed by atoms with E-state index in [1.54, 1.807) is 0 Å². The zero-order valence-electron chi connectivity index (χ0n) is 9.32. The van der Waals surface area contributed by atoms with Gasteiger partial charge in [0.15, 0.2) is 0 Å². The molecule has 0 aliphatic carbocycles. The molecule has 6 heteroatoms. The van der Waals surface area contributed by atoms with Crippen molar-refractivity contribution in [2.24, 2.45) is 5.41 Å². The number of hydrogen-bond donors (Lipinski definition) is 0. The first-order chi connectivity index (χ1) is 6.87. The fourth-order valence-electron chi connectivity index (χ4n) is 1.01. The van der Waals surface area contributed by atoms with Crippen molar-refractivity contribution in [2.75, 3.05) is 13.2 Å². The van der Waals surface area contributed by atoms with Gasteiger partial charge in [-0.25, -0.2) is 4.57 Å². The Morgan fingerprint density at radius 1 is 1.47 bits per heavy atom. The highest BCUT2D eigenvalue weighted by molar-refractivity contribution is 8.65. The molecule has 0 spiro atoms. The van der Waals surface area contributed by atoms with Gasteiger partial charge < -0.3 is 0 Å². The van der Waals surface area contributed by atoms with Crippen LogP contribution in [0.15, 0.2) is 0 Å². The quantitative estimate of drug-likeness (QED) is 0.570. The largest absolute Gasteiger partial charge is 0.394 e. The van der Waals surface area contributed by atoms with Gasteiger partial charge in [-0.15, -0.1) is 0 Å².